The lowest BCUT2D eigenvalue weighted by Gasteiger charge is -2.35. The van der Waals surface area contributed by atoms with Crippen LogP contribution >= 0.6 is 0 Å². The molecule has 1 fully saturated rings. The molecule has 9 nitrogen and oxygen atoms in total. The van der Waals surface area contributed by atoms with Crippen LogP contribution < -0.4 is 4.90 Å². The van der Waals surface area contributed by atoms with Crippen LogP contribution in [0.1, 0.15) is 30.4 Å². The zero-order valence-corrected chi connectivity index (χ0v) is 22.4. The highest BCUT2D eigenvalue weighted by molar-refractivity contribution is 5.81. The minimum absolute atomic E-state index is 0.291. The van der Waals surface area contributed by atoms with Gasteiger partial charge in [0.25, 0.3) is 0 Å². The number of fused-ring (bicyclic) bond motifs is 1. The normalized spacial score (nSPS) is 14.6. The van der Waals surface area contributed by atoms with E-state index in [0.717, 1.165) is 51.7 Å². The summed E-state index contributed by atoms with van der Waals surface area (Å²) in [7, 11) is 1.99. The van der Waals surface area contributed by atoms with Crippen LogP contribution in [0.25, 0.3) is 22.3 Å². The Hall–Kier alpha value is -4.06. The van der Waals surface area contributed by atoms with Crippen molar-refractivity contribution in [2.75, 3.05) is 44.7 Å². The number of aromatic nitrogens is 5. The quantitative estimate of drug-likeness (QED) is 0.352. The van der Waals surface area contributed by atoms with Crippen molar-refractivity contribution >= 4 is 22.8 Å². The second-order valence-corrected chi connectivity index (χ2v) is 9.97. The molecule has 1 aromatic carbocycles. The van der Waals surface area contributed by atoms with E-state index < -0.39 is 18.5 Å². The molecule has 1 aliphatic heterocycles. The molecule has 4 aromatic rings. The highest BCUT2D eigenvalue weighted by Crippen LogP contribution is 2.25. The largest absolute Gasteiger partial charge is 0.397 e. The molecule has 0 spiro atoms. The molecule has 5 rings (SSSR count). The van der Waals surface area contributed by atoms with Gasteiger partial charge in [0, 0.05) is 76.3 Å². The van der Waals surface area contributed by atoms with E-state index in [4.69, 9.17) is 4.98 Å². The first-order valence-corrected chi connectivity index (χ1v) is 13.2. The molecule has 4 heterocycles. The summed E-state index contributed by atoms with van der Waals surface area (Å²) in [4.78, 5) is 38.8. The van der Waals surface area contributed by atoms with Gasteiger partial charge in [0.1, 0.15) is 24.4 Å². The van der Waals surface area contributed by atoms with Crippen molar-refractivity contribution in [1.29, 1.82) is 0 Å². The first kappa shape index (κ1) is 27.5. The van der Waals surface area contributed by atoms with Crippen LogP contribution in [0, 0.1) is 0 Å². The predicted molar refractivity (Wildman–Crippen MR) is 146 cm³/mol. The van der Waals surface area contributed by atoms with E-state index in [1.165, 1.54) is 4.90 Å². The van der Waals surface area contributed by atoms with Crippen molar-refractivity contribution in [1.82, 2.24) is 34.7 Å². The van der Waals surface area contributed by atoms with Gasteiger partial charge in [-0.1, -0.05) is 6.07 Å². The van der Waals surface area contributed by atoms with Gasteiger partial charge in [0.05, 0.1) is 16.7 Å². The highest BCUT2D eigenvalue weighted by Gasteiger charge is 2.34. The maximum absolute atomic E-state index is 12.5. The van der Waals surface area contributed by atoms with Gasteiger partial charge in [-0.3, -0.25) is 14.7 Å². The second kappa shape index (κ2) is 11.6. The molecule has 0 radical (unpaired) electrons. The molecule has 40 heavy (non-hydrogen) atoms. The number of rotatable bonds is 8. The standard InChI is InChI=1S/C28H31F3N8O/c1-3-37(2)26-15-23(33-18-34-26)20-4-5-22-24(13-20)36-25(35-22)14-21-12-19(6-7-32-21)17-38-8-10-39(11-9-38)27(40)16-28(29,30)31/h4-7,12-13,15,18H,3,8-11,14,16-17H2,1-2H3,(H,35,36). The molecule has 210 valence electrons. The summed E-state index contributed by atoms with van der Waals surface area (Å²) in [5.74, 6) is 0.797. The molecule has 1 amide bonds. The molecule has 3 aromatic heterocycles. The maximum atomic E-state index is 12.5. The number of alkyl halides is 3. The molecule has 0 unspecified atom stereocenters. The van der Waals surface area contributed by atoms with E-state index in [2.05, 4.69) is 36.7 Å². The Balaban J connectivity index is 1.22. The molecule has 0 bridgehead atoms. The Morgan fingerprint density at radius 2 is 1.85 bits per heavy atom. The number of pyridine rings is 1. The monoisotopic (exact) mass is 552 g/mol. The lowest BCUT2D eigenvalue weighted by Crippen LogP contribution is -2.49. The molecule has 0 atom stereocenters. The Morgan fingerprint density at radius 3 is 2.60 bits per heavy atom. The summed E-state index contributed by atoms with van der Waals surface area (Å²) in [5, 5.41) is 0. The average Bonchev–Trinajstić information content (AvgIpc) is 3.34. The second-order valence-electron chi connectivity index (χ2n) is 9.97. The number of nitrogens with zero attached hydrogens (tertiary/aromatic N) is 7. The lowest BCUT2D eigenvalue weighted by molar-refractivity contribution is -0.162. The third-order valence-electron chi connectivity index (χ3n) is 7.06. The van der Waals surface area contributed by atoms with Crippen LogP contribution in [0.2, 0.25) is 0 Å². The topological polar surface area (TPSA) is 94.1 Å². The van der Waals surface area contributed by atoms with Gasteiger partial charge in [-0.05, 0) is 36.8 Å². The van der Waals surface area contributed by atoms with E-state index in [1.54, 1.807) is 12.5 Å². The average molecular weight is 553 g/mol. The van der Waals surface area contributed by atoms with Crippen molar-refractivity contribution in [3.05, 3.63) is 66.0 Å². The summed E-state index contributed by atoms with van der Waals surface area (Å²) >= 11 is 0. The molecule has 1 aliphatic rings. The van der Waals surface area contributed by atoms with Gasteiger partial charge >= 0.3 is 6.18 Å². The summed E-state index contributed by atoms with van der Waals surface area (Å²) in [6, 6.07) is 11.9. The van der Waals surface area contributed by atoms with Crippen LogP contribution in [0.3, 0.4) is 0 Å². The van der Waals surface area contributed by atoms with E-state index in [9.17, 15) is 18.0 Å². The third kappa shape index (κ3) is 6.74. The van der Waals surface area contributed by atoms with Crippen LogP contribution in [0.4, 0.5) is 19.0 Å². The van der Waals surface area contributed by atoms with Gasteiger partial charge in [0.15, 0.2) is 0 Å². The number of carbonyl (C=O) groups is 1. The van der Waals surface area contributed by atoms with Gasteiger partial charge in [-0.15, -0.1) is 0 Å². The van der Waals surface area contributed by atoms with Crippen LogP contribution in [0.15, 0.2) is 48.9 Å². The van der Waals surface area contributed by atoms with Crippen LogP contribution in [0.5, 0.6) is 0 Å². The highest BCUT2D eigenvalue weighted by atomic mass is 19.4. The summed E-state index contributed by atoms with van der Waals surface area (Å²) in [6.45, 7) is 5.18. The molecular formula is C28H31F3N8O. The Kier molecular flexibility index (Phi) is 7.97. The summed E-state index contributed by atoms with van der Waals surface area (Å²) in [6.07, 6.45) is -2.02. The minimum Gasteiger partial charge on any atom is -0.360 e. The van der Waals surface area contributed by atoms with E-state index >= 15 is 0 Å². The summed E-state index contributed by atoms with van der Waals surface area (Å²) in [5.41, 5.74) is 5.48. The minimum atomic E-state index is -4.48. The number of hydrogen-bond donors (Lipinski definition) is 1. The third-order valence-corrected chi connectivity index (χ3v) is 7.06. The number of halogens is 3. The number of aromatic amines is 1. The van der Waals surface area contributed by atoms with E-state index in [1.807, 2.05) is 43.4 Å². The summed E-state index contributed by atoms with van der Waals surface area (Å²) < 4.78 is 37.6. The number of imidazole rings is 1. The van der Waals surface area contributed by atoms with Gasteiger partial charge in [0.2, 0.25) is 5.91 Å². The van der Waals surface area contributed by atoms with Crippen molar-refractivity contribution in [2.24, 2.45) is 0 Å². The zero-order chi connectivity index (χ0) is 28.3. The van der Waals surface area contributed by atoms with Gasteiger partial charge in [-0.25, -0.2) is 15.0 Å². The molecule has 1 saturated heterocycles. The Bertz CT molecular complexity index is 1480. The van der Waals surface area contributed by atoms with E-state index in [0.29, 0.717) is 39.1 Å². The fourth-order valence-corrected chi connectivity index (χ4v) is 4.77. The molecule has 12 heteroatoms. The zero-order valence-electron chi connectivity index (χ0n) is 22.4. The molecule has 0 saturated carbocycles. The van der Waals surface area contributed by atoms with Crippen molar-refractivity contribution in [3.63, 3.8) is 0 Å². The number of amides is 1. The number of piperazine rings is 1. The fourth-order valence-electron chi connectivity index (χ4n) is 4.77. The predicted octanol–water partition coefficient (Wildman–Crippen LogP) is 4.06. The van der Waals surface area contributed by atoms with Gasteiger partial charge in [-0.2, -0.15) is 13.2 Å². The van der Waals surface area contributed by atoms with E-state index in [-0.39, 0.29) is 0 Å². The number of carbonyl (C=O) groups excluding carboxylic acids is 1. The SMILES string of the molecule is CCN(C)c1cc(-c2ccc3nc(Cc4cc(CN5CCN(C(=O)CC(F)(F)F)CC5)ccn4)[nH]c3c2)ncn1. The fraction of sp³-hybridized carbons (Fsp3) is 0.393. The Labute approximate surface area is 230 Å². The molecular weight excluding hydrogens is 521 g/mol. The number of nitrogens with one attached hydrogen (secondary N) is 1. The first-order chi connectivity index (χ1) is 19.2. The van der Waals surface area contributed by atoms with Crippen molar-refractivity contribution < 1.29 is 18.0 Å². The lowest BCUT2D eigenvalue weighted by atomic mass is 10.1. The van der Waals surface area contributed by atoms with Crippen molar-refractivity contribution in [3.8, 4) is 11.3 Å². The number of H-pyrrole nitrogens is 1. The number of hydrogen-bond acceptors (Lipinski definition) is 7. The number of anilines is 1. The van der Waals surface area contributed by atoms with Crippen LogP contribution in [-0.4, -0.2) is 86.6 Å². The first-order valence-electron chi connectivity index (χ1n) is 13.2. The molecule has 0 aliphatic carbocycles. The smallest absolute Gasteiger partial charge is 0.360 e. The Morgan fingerprint density at radius 1 is 1.05 bits per heavy atom. The van der Waals surface area contributed by atoms with Crippen LogP contribution in [-0.2, 0) is 17.8 Å². The maximum Gasteiger partial charge on any atom is 0.397 e. The molecule has 1 N–H and O–H groups in total. The van der Waals surface area contributed by atoms with Crippen molar-refractivity contribution in [2.45, 2.75) is 32.5 Å². The van der Waals surface area contributed by atoms with Gasteiger partial charge < -0.3 is 14.8 Å². The number of benzene rings is 1.